The maximum atomic E-state index is 15.0. The lowest BCUT2D eigenvalue weighted by Crippen LogP contribution is -2.62. The Hall–Kier alpha value is -6.01. The molecule has 0 N–H and O–H groups in total. The topological polar surface area (TPSA) is 227 Å². The van der Waals surface area contributed by atoms with Gasteiger partial charge in [0, 0.05) is 41.7 Å². The van der Waals surface area contributed by atoms with Crippen LogP contribution in [0.5, 0.6) is 51.7 Å². The minimum Gasteiger partial charge on any atom is -0.490 e. The number of benzene rings is 3. The molecule has 3 aromatic rings. The van der Waals surface area contributed by atoms with Gasteiger partial charge in [-0.15, -0.1) is 0 Å². The monoisotopic (exact) mass is 1200 g/mol. The second-order valence-electron chi connectivity index (χ2n) is 19.9. The summed E-state index contributed by atoms with van der Waals surface area (Å²) in [5.41, 5.74) is 0.00915. The van der Waals surface area contributed by atoms with E-state index in [1.54, 1.807) is 12.1 Å². The second kappa shape index (κ2) is 41.9. The lowest BCUT2D eigenvalue weighted by Gasteiger charge is -2.44. The minimum atomic E-state index is -1.56. The van der Waals surface area contributed by atoms with E-state index in [0.717, 1.165) is 77.0 Å². The molecule has 480 valence electrons. The number of carbonyl (C=O) groups excluding carboxylic acids is 3. The zero-order valence-corrected chi connectivity index (χ0v) is 52.2. The molecule has 22 nitrogen and oxygen atoms in total. The SMILES string of the molecule is CCCCOc1cc(C(=O)O[C@@H]2OC(COC(=O)c3cc(OCOC)c(OCCCC)c(OCOC)c3)[C@@H](OC(=O)c3cc(OCOC)c(OCCCC)c(OCOC)c3)C(OCCCC)[C@@H]2OCCCC)cc(OCCCC)c1OCCCC. The summed E-state index contributed by atoms with van der Waals surface area (Å²) in [7, 11) is 5.82. The van der Waals surface area contributed by atoms with Crippen LogP contribution < -0.4 is 42.6 Å². The zero-order valence-electron chi connectivity index (χ0n) is 52.2. The lowest BCUT2D eigenvalue weighted by atomic mass is 9.97. The molecule has 0 radical (unpaired) electrons. The molecule has 0 saturated carbocycles. The Labute approximate surface area is 503 Å². The van der Waals surface area contributed by atoms with Crippen molar-refractivity contribution in [3.8, 4) is 51.7 Å². The number of hydrogen-bond donors (Lipinski definition) is 0. The van der Waals surface area contributed by atoms with Crippen LogP contribution in [0, 0.1) is 0 Å². The molecule has 1 aliphatic rings. The number of esters is 3. The van der Waals surface area contributed by atoms with Gasteiger partial charge in [0.05, 0.1) is 49.7 Å². The first kappa shape index (κ1) is 71.5. The Balaban J connectivity index is 1.94. The molecule has 85 heavy (non-hydrogen) atoms. The van der Waals surface area contributed by atoms with E-state index in [9.17, 15) is 14.4 Å². The number of hydrogen-bond acceptors (Lipinski definition) is 22. The fourth-order valence-electron chi connectivity index (χ4n) is 8.20. The van der Waals surface area contributed by atoms with Gasteiger partial charge in [-0.1, -0.05) is 93.4 Å². The summed E-state index contributed by atoms with van der Waals surface area (Å²) in [4.78, 5) is 44.4. The van der Waals surface area contributed by atoms with E-state index in [1.807, 2.05) is 27.7 Å². The van der Waals surface area contributed by atoms with Crippen LogP contribution in [0.3, 0.4) is 0 Å². The molecule has 1 fully saturated rings. The third kappa shape index (κ3) is 23.7. The molecule has 1 aliphatic heterocycles. The first-order chi connectivity index (χ1) is 41.5. The Morgan fingerprint density at radius 1 is 0.365 bits per heavy atom. The summed E-state index contributed by atoms with van der Waals surface area (Å²) in [6.07, 6.45) is 3.83. The van der Waals surface area contributed by atoms with E-state index in [-0.39, 0.29) is 91.6 Å². The molecule has 5 atom stereocenters. The highest BCUT2D eigenvalue weighted by atomic mass is 16.7. The number of unbranched alkanes of at least 4 members (excludes halogenated alkanes) is 7. The van der Waals surface area contributed by atoms with Crippen molar-refractivity contribution in [3.05, 3.63) is 53.1 Å². The third-order valence-electron chi connectivity index (χ3n) is 12.9. The Morgan fingerprint density at radius 3 is 1.02 bits per heavy atom. The van der Waals surface area contributed by atoms with Gasteiger partial charge in [-0.3, -0.25) is 0 Å². The smallest absolute Gasteiger partial charge is 0.340 e. The molecule has 0 aliphatic carbocycles. The summed E-state index contributed by atoms with van der Waals surface area (Å²) in [5.74, 6) is -0.677. The van der Waals surface area contributed by atoms with E-state index in [2.05, 4.69) is 20.8 Å². The predicted octanol–water partition coefficient (Wildman–Crippen LogP) is 11.8. The van der Waals surface area contributed by atoms with Crippen molar-refractivity contribution in [2.45, 2.75) is 169 Å². The maximum Gasteiger partial charge on any atom is 0.340 e. The predicted molar refractivity (Wildman–Crippen MR) is 314 cm³/mol. The number of rotatable bonds is 47. The Bertz CT molecular complexity index is 2270. The van der Waals surface area contributed by atoms with Crippen LogP contribution in [-0.2, 0) is 47.4 Å². The van der Waals surface area contributed by atoms with Crippen molar-refractivity contribution < 1.29 is 104 Å². The van der Waals surface area contributed by atoms with Gasteiger partial charge in [-0.05, 0) is 81.3 Å². The summed E-state index contributed by atoms with van der Waals surface area (Å²) < 4.78 is 115. The molecular weight excluding hydrogens is 1110 g/mol. The largest absolute Gasteiger partial charge is 0.490 e. The van der Waals surface area contributed by atoms with E-state index < -0.39 is 55.2 Å². The Morgan fingerprint density at radius 2 is 0.671 bits per heavy atom. The average molecular weight is 1210 g/mol. The fourth-order valence-corrected chi connectivity index (χ4v) is 8.20. The number of ether oxygens (including phenoxy) is 19. The molecular formula is C63H96O22. The molecule has 1 heterocycles. The highest BCUT2D eigenvalue weighted by Crippen LogP contribution is 2.43. The number of methoxy groups -OCH3 is 4. The lowest BCUT2D eigenvalue weighted by molar-refractivity contribution is -0.301. The second-order valence-corrected chi connectivity index (χ2v) is 19.9. The molecule has 0 spiro atoms. The molecule has 3 aromatic carbocycles. The first-order valence-electron chi connectivity index (χ1n) is 30.1. The molecule has 2 unspecified atom stereocenters. The van der Waals surface area contributed by atoms with Crippen molar-refractivity contribution in [1.29, 1.82) is 0 Å². The van der Waals surface area contributed by atoms with Crippen molar-refractivity contribution in [3.63, 3.8) is 0 Å². The highest BCUT2D eigenvalue weighted by Gasteiger charge is 2.52. The van der Waals surface area contributed by atoms with E-state index in [1.165, 1.54) is 52.7 Å². The normalized spacial score (nSPS) is 16.5. The van der Waals surface area contributed by atoms with Gasteiger partial charge in [-0.2, -0.15) is 0 Å². The van der Waals surface area contributed by atoms with Crippen LogP contribution in [0.25, 0.3) is 0 Å². The zero-order chi connectivity index (χ0) is 61.6. The van der Waals surface area contributed by atoms with Crippen molar-refractivity contribution in [2.24, 2.45) is 0 Å². The molecule has 1 saturated heterocycles. The van der Waals surface area contributed by atoms with Gasteiger partial charge in [0.25, 0.3) is 0 Å². The van der Waals surface area contributed by atoms with Gasteiger partial charge in [0.15, 0.2) is 67.8 Å². The third-order valence-corrected chi connectivity index (χ3v) is 12.9. The standard InChI is InChI=1S/C63H96O22/c1-12-19-26-71-47-35-46(36-48(72-27-20-13-2)54(47)73-28-21-14-3)62(66)85-63-59(77-32-25-18-7)58(76-31-24-17-6)57(84-61(65)45-37-51(81-42-69-10)56(75-30-23-16-5)52(38-45)82-43-70-11)53(83-63)39-78-60(64)44-33-49(79-40-67-8)55(74-29-22-15-4)50(34-44)80-41-68-9/h33-38,53,57-59,63H,12-32,39-43H2,1-11H3/t53?,57-,58?,59+,63+/m1/s1. The van der Waals surface area contributed by atoms with Gasteiger partial charge in [0.1, 0.15) is 24.9 Å². The summed E-state index contributed by atoms with van der Waals surface area (Å²) in [5, 5.41) is 0. The van der Waals surface area contributed by atoms with Crippen molar-refractivity contribution in [1.82, 2.24) is 0 Å². The molecule has 4 rings (SSSR count). The average Bonchev–Trinajstić information content (AvgIpc) is 2.36. The van der Waals surface area contributed by atoms with Gasteiger partial charge < -0.3 is 90.0 Å². The van der Waals surface area contributed by atoms with Crippen LogP contribution in [0.15, 0.2) is 36.4 Å². The van der Waals surface area contributed by atoms with E-state index >= 15 is 0 Å². The minimum absolute atomic E-state index is 0.0200. The van der Waals surface area contributed by atoms with E-state index in [4.69, 9.17) is 90.0 Å². The van der Waals surface area contributed by atoms with Gasteiger partial charge in [-0.25, -0.2) is 14.4 Å². The molecule has 0 amide bonds. The maximum absolute atomic E-state index is 15.0. The van der Waals surface area contributed by atoms with Crippen molar-refractivity contribution in [2.75, 3.05) is 108 Å². The first-order valence-corrected chi connectivity index (χ1v) is 30.1. The van der Waals surface area contributed by atoms with Crippen LogP contribution >= 0.6 is 0 Å². The quantitative estimate of drug-likeness (QED) is 0.0222. The summed E-state index contributed by atoms with van der Waals surface area (Å²) >= 11 is 0. The van der Waals surface area contributed by atoms with E-state index in [0.29, 0.717) is 63.1 Å². The van der Waals surface area contributed by atoms with Crippen LogP contribution in [0.4, 0.5) is 0 Å². The summed E-state index contributed by atoms with van der Waals surface area (Å²) in [6, 6.07) is 8.87. The van der Waals surface area contributed by atoms with Crippen molar-refractivity contribution >= 4 is 17.9 Å². The Kier molecular flexibility index (Phi) is 35.3. The van der Waals surface area contributed by atoms with Crippen LogP contribution in [0.2, 0.25) is 0 Å². The number of carbonyl (C=O) groups is 3. The molecule has 0 bridgehead atoms. The van der Waals surface area contributed by atoms with Gasteiger partial charge in [0.2, 0.25) is 23.5 Å². The van der Waals surface area contributed by atoms with Gasteiger partial charge >= 0.3 is 17.9 Å². The van der Waals surface area contributed by atoms with Crippen LogP contribution in [0.1, 0.15) is 169 Å². The van der Waals surface area contributed by atoms with Crippen LogP contribution in [-0.4, -0.2) is 157 Å². The summed E-state index contributed by atoms with van der Waals surface area (Å²) in [6.45, 7) is 14.9. The molecule has 0 aromatic heterocycles. The highest BCUT2D eigenvalue weighted by molar-refractivity contribution is 5.93. The fraction of sp³-hybridized carbons (Fsp3) is 0.667. The molecule has 22 heteroatoms.